The smallest absolute Gasteiger partial charge is 0.328 e. The van der Waals surface area contributed by atoms with Gasteiger partial charge in [0.2, 0.25) is 0 Å². The summed E-state index contributed by atoms with van der Waals surface area (Å²) in [4.78, 5) is 7.96. The number of aromatic nitrogens is 2. The van der Waals surface area contributed by atoms with Crippen LogP contribution in [0.25, 0.3) is 0 Å². The van der Waals surface area contributed by atoms with Crippen molar-refractivity contribution in [1.82, 2.24) is 9.97 Å². The molecule has 1 rings (SSSR count). The molecule has 0 saturated carbocycles. The van der Waals surface area contributed by atoms with Gasteiger partial charge in [-0.15, -0.1) is 0 Å². The van der Waals surface area contributed by atoms with Gasteiger partial charge in [-0.3, -0.25) is 9.97 Å². The lowest BCUT2D eigenvalue weighted by Gasteiger charge is -2.13. The van der Waals surface area contributed by atoms with Gasteiger partial charge in [0.1, 0.15) is 5.69 Å². The summed E-state index contributed by atoms with van der Waals surface area (Å²) in [6.07, 6.45) is 4.71. The Balaban J connectivity index is 2.95. The summed E-state index contributed by atoms with van der Waals surface area (Å²) in [6.45, 7) is 4.10. The quantitative estimate of drug-likeness (QED) is 0.692. The molecule has 0 aliphatic carbocycles. The zero-order valence-electron chi connectivity index (χ0n) is 7.65. The van der Waals surface area contributed by atoms with Gasteiger partial charge in [-0.05, 0) is 6.92 Å². The minimum absolute atomic E-state index is 0.502. The fourth-order valence-electron chi connectivity index (χ4n) is 0.990. The van der Waals surface area contributed by atoms with Gasteiger partial charge < -0.3 is 4.74 Å². The van der Waals surface area contributed by atoms with E-state index in [9.17, 15) is 4.57 Å². The van der Waals surface area contributed by atoms with Gasteiger partial charge in [0.05, 0.1) is 6.20 Å². The maximum Gasteiger partial charge on any atom is 0.366 e. The van der Waals surface area contributed by atoms with Crippen molar-refractivity contribution in [3.05, 3.63) is 24.3 Å². The van der Waals surface area contributed by atoms with E-state index < -0.39 is 13.8 Å². The second-order valence-corrected chi connectivity index (χ2v) is 3.82. The zero-order chi connectivity index (χ0) is 9.73. The van der Waals surface area contributed by atoms with E-state index in [0.717, 1.165) is 0 Å². The van der Waals surface area contributed by atoms with Crippen LogP contribution in [0.5, 0.6) is 0 Å². The van der Waals surface area contributed by atoms with Crippen LogP contribution >= 0.6 is 8.46 Å². The summed E-state index contributed by atoms with van der Waals surface area (Å²) in [5, 5.41) is -0.816. The first-order chi connectivity index (χ1) is 6.23. The van der Waals surface area contributed by atoms with E-state index in [4.69, 9.17) is 4.74 Å². The Hall–Kier alpha value is -0.860. The van der Waals surface area contributed by atoms with Crippen molar-refractivity contribution < 1.29 is 9.30 Å². The molecule has 5 heteroatoms. The van der Waals surface area contributed by atoms with Gasteiger partial charge in [-0.1, -0.05) is 4.57 Å². The molecule has 0 saturated heterocycles. The van der Waals surface area contributed by atoms with Gasteiger partial charge in [0.15, 0.2) is 0 Å². The largest absolute Gasteiger partial charge is 0.366 e. The molecule has 2 unspecified atom stereocenters. The lowest BCUT2D eigenvalue weighted by atomic mass is 10.3. The van der Waals surface area contributed by atoms with Crippen LogP contribution in [0.15, 0.2) is 18.6 Å². The van der Waals surface area contributed by atoms with Crippen molar-refractivity contribution in [1.29, 1.82) is 0 Å². The van der Waals surface area contributed by atoms with Crippen molar-refractivity contribution in [2.45, 2.75) is 19.2 Å². The Labute approximate surface area is 78.6 Å². The first-order valence-electron chi connectivity index (χ1n) is 4.02. The van der Waals surface area contributed by atoms with E-state index in [-0.39, 0.29) is 0 Å². The monoisotopic (exact) mass is 199 g/mol. The first kappa shape index (κ1) is 10.2. The Morgan fingerprint density at radius 3 is 2.85 bits per heavy atom. The average molecular weight is 199 g/mol. The Bertz CT molecular complexity index is 281. The van der Waals surface area contributed by atoms with E-state index in [0.29, 0.717) is 12.3 Å². The Morgan fingerprint density at radius 2 is 2.38 bits per heavy atom. The second-order valence-electron chi connectivity index (χ2n) is 2.66. The molecule has 1 aromatic rings. The maximum atomic E-state index is 11.0. The predicted molar refractivity (Wildman–Crippen MR) is 50.0 cm³/mol. The standard InChI is InChI=1S/C8H11N2O2P/c1-3-12-8(2,13-11)7-6-9-4-5-10-7/h4-6H,3H2,1-2H3/p+1. The van der Waals surface area contributed by atoms with Crippen molar-refractivity contribution in [3.63, 3.8) is 0 Å². The molecule has 70 valence electrons. The third kappa shape index (κ3) is 2.29. The van der Waals surface area contributed by atoms with Crippen molar-refractivity contribution in [2.24, 2.45) is 0 Å². The van der Waals surface area contributed by atoms with E-state index in [1.807, 2.05) is 6.92 Å². The van der Waals surface area contributed by atoms with Gasteiger partial charge >= 0.3 is 13.8 Å². The first-order valence-corrected chi connectivity index (χ1v) is 4.93. The van der Waals surface area contributed by atoms with Gasteiger partial charge in [-0.2, -0.15) is 0 Å². The average Bonchev–Trinajstić information content (AvgIpc) is 2.19. The van der Waals surface area contributed by atoms with Crippen LogP contribution in [-0.2, 0) is 14.6 Å². The van der Waals surface area contributed by atoms with Gasteiger partial charge in [-0.25, -0.2) is 0 Å². The molecule has 0 aliphatic heterocycles. The molecule has 1 heterocycles. The van der Waals surface area contributed by atoms with Crippen molar-refractivity contribution in [2.75, 3.05) is 6.61 Å². The molecule has 13 heavy (non-hydrogen) atoms. The molecule has 0 amide bonds. The maximum absolute atomic E-state index is 11.0. The highest BCUT2D eigenvalue weighted by Crippen LogP contribution is 2.33. The van der Waals surface area contributed by atoms with Gasteiger partial charge in [0.25, 0.3) is 0 Å². The van der Waals surface area contributed by atoms with E-state index in [2.05, 4.69) is 9.97 Å². The van der Waals surface area contributed by atoms with Crippen LogP contribution in [0.4, 0.5) is 0 Å². The number of hydrogen-bond acceptors (Lipinski definition) is 4. The zero-order valence-corrected chi connectivity index (χ0v) is 8.65. The number of hydrogen-bond donors (Lipinski definition) is 0. The van der Waals surface area contributed by atoms with Crippen LogP contribution in [0, 0.1) is 0 Å². The summed E-state index contributed by atoms with van der Waals surface area (Å²) < 4.78 is 16.3. The predicted octanol–water partition coefficient (Wildman–Crippen LogP) is 1.71. The van der Waals surface area contributed by atoms with Crippen LogP contribution in [0.2, 0.25) is 0 Å². The summed E-state index contributed by atoms with van der Waals surface area (Å²) >= 11 is 0. The highest BCUT2D eigenvalue weighted by molar-refractivity contribution is 7.25. The number of rotatable bonds is 4. The molecule has 0 spiro atoms. The topological polar surface area (TPSA) is 52.1 Å². The Kier molecular flexibility index (Phi) is 3.46. The normalized spacial score (nSPS) is 15.5. The molecule has 0 N–H and O–H groups in total. The third-order valence-electron chi connectivity index (χ3n) is 1.68. The fourth-order valence-corrected chi connectivity index (χ4v) is 1.43. The summed E-state index contributed by atoms with van der Waals surface area (Å²) in [5.74, 6) is 0. The second kappa shape index (κ2) is 4.40. The molecular formula is C8H12N2O2P+. The number of ether oxygens (including phenoxy) is 1. The highest BCUT2D eigenvalue weighted by atomic mass is 31.1. The van der Waals surface area contributed by atoms with E-state index in [1.54, 1.807) is 25.5 Å². The summed E-state index contributed by atoms with van der Waals surface area (Å²) in [5.41, 5.74) is 0.602. The van der Waals surface area contributed by atoms with Crippen LogP contribution < -0.4 is 0 Å². The molecule has 2 atom stereocenters. The molecule has 1 aromatic heterocycles. The van der Waals surface area contributed by atoms with Crippen molar-refractivity contribution in [3.8, 4) is 0 Å². The lowest BCUT2D eigenvalue weighted by molar-refractivity contribution is 0.0378. The SMILES string of the molecule is CCOC(C)([PH+]=O)c1cnccn1. The minimum atomic E-state index is -0.816. The van der Waals surface area contributed by atoms with Crippen LogP contribution in [-0.4, -0.2) is 16.6 Å². The molecule has 0 aliphatic rings. The highest BCUT2D eigenvalue weighted by Gasteiger charge is 2.37. The fraction of sp³-hybridized carbons (Fsp3) is 0.500. The Morgan fingerprint density at radius 1 is 1.62 bits per heavy atom. The van der Waals surface area contributed by atoms with Gasteiger partial charge in [0, 0.05) is 25.9 Å². The minimum Gasteiger partial charge on any atom is -0.328 e. The summed E-state index contributed by atoms with van der Waals surface area (Å²) in [6, 6.07) is 0. The van der Waals surface area contributed by atoms with E-state index >= 15 is 0 Å². The number of nitrogens with zero attached hydrogens (tertiary/aromatic N) is 2. The molecule has 4 nitrogen and oxygen atoms in total. The molecule has 0 bridgehead atoms. The van der Waals surface area contributed by atoms with Crippen LogP contribution in [0.1, 0.15) is 19.5 Å². The van der Waals surface area contributed by atoms with Crippen LogP contribution in [0.3, 0.4) is 0 Å². The molecule has 0 aromatic carbocycles. The molecule has 0 radical (unpaired) electrons. The third-order valence-corrected chi connectivity index (χ3v) is 2.47. The summed E-state index contributed by atoms with van der Waals surface area (Å²) in [7, 11) is -0.589. The lowest BCUT2D eigenvalue weighted by Crippen LogP contribution is -2.20. The molecule has 0 fully saturated rings. The molecular weight excluding hydrogens is 187 g/mol. The van der Waals surface area contributed by atoms with E-state index in [1.165, 1.54) is 0 Å². The van der Waals surface area contributed by atoms with Crippen molar-refractivity contribution >= 4 is 8.46 Å².